The van der Waals surface area contributed by atoms with E-state index in [-0.39, 0.29) is 5.54 Å². The highest BCUT2D eigenvalue weighted by atomic mass is 79.9. The second-order valence-corrected chi connectivity index (χ2v) is 6.91. The molecule has 3 nitrogen and oxygen atoms in total. The molecular weight excluding hydrogens is 328 g/mol. The average Bonchev–Trinajstić information content (AvgIpc) is 2.44. The molecule has 0 fully saturated rings. The largest absolute Gasteiger partial charge is 0.473 e. The molecule has 0 saturated heterocycles. The molecule has 0 aliphatic rings. The van der Waals surface area contributed by atoms with E-state index in [1.807, 2.05) is 36.4 Å². The molecule has 21 heavy (non-hydrogen) atoms. The van der Waals surface area contributed by atoms with Crippen LogP contribution in [0.3, 0.4) is 0 Å². The van der Waals surface area contributed by atoms with Gasteiger partial charge >= 0.3 is 0 Å². The first-order valence-electron chi connectivity index (χ1n) is 7.00. The maximum absolute atomic E-state index is 5.87. The molecule has 0 bridgehead atoms. The van der Waals surface area contributed by atoms with Crippen molar-refractivity contribution in [2.24, 2.45) is 0 Å². The van der Waals surface area contributed by atoms with Gasteiger partial charge in [0.2, 0.25) is 5.88 Å². The minimum absolute atomic E-state index is 0.0546. The van der Waals surface area contributed by atoms with E-state index >= 15 is 0 Å². The normalized spacial score (nSPS) is 11.4. The molecule has 0 aliphatic heterocycles. The Hall–Kier alpha value is -1.39. The molecule has 4 heteroatoms. The predicted molar refractivity (Wildman–Crippen MR) is 89.3 cm³/mol. The van der Waals surface area contributed by atoms with Crippen LogP contribution in [0.1, 0.15) is 31.9 Å². The fraction of sp³-hybridized carbons (Fsp3) is 0.353. The van der Waals surface area contributed by atoms with Crippen LogP contribution in [-0.2, 0) is 13.2 Å². The molecule has 1 N–H and O–H groups in total. The predicted octanol–water partition coefficient (Wildman–Crippen LogP) is 4.31. The number of nitrogens with one attached hydrogen (secondary N) is 1. The van der Waals surface area contributed by atoms with Crippen LogP contribution in [-0.4, -0.2) is 10.5 Å². The number of hydrogen-bond acceptors (Lipinski definition) is 3. The van der Waals surface area contributed by atoms with E-state index in [0.29, 0.717) is 12.5 Å². The molecule has 0 aliphatic carbocycles. The highest BCUT2D eigenvalue weighted by molar-refractivity contribution is 9.10. The lowest BCUT2D eigenvalue weighted by Crippen LogP contribution is -2.35. The maximum Gasteiger partial charge on any atom is 0.218 e. The number of ether oxygens (including phenoxy) is 1. The third kappa shape index (κ3) is 5.48. The summed E-state index contributed by atoms with van der Waals surface area (Å²) in [5.74, 6) is 0.679. The van der Waals surface area contributed by atoms with Gasteiger partial charge in [-0.3, -0.25) is 0 Å². The second-order valence-electron chi connectivity index (χ2n) is 6.00. The standard InChI is InChI=1S/C17H21BrN2O/c1-17(2,3)20-10-14-9-15(18)11-19-16(14)21-12-13-7-5-4-6-8-13/h4-9,11,20H,10,12H2,1-3H3. The Labute approximate surface area is 134 Å². The van der Waals surface area contributed by atoms with Crippen LogP contribution in [0.5, 0.6) is 5.88 Å². The summed E-state index contributed by atoms with van der Waals surface area (Å²) in [7, 11) is 0. The summed E-state index contributed by atoms with van der Waals surface area (Å²) in [5, 5.41) is 3.46. The summed E-state index contributed by atoms with van der Waals surface area (Å²) >= 11 is 3.47. The Morgan fingerprint density at radius 2 is 1.90 bits per heavy atom. The minimum Gasteiger partial charge on any atom is -0.473 e. The summed E-state index contributed by atoms with van der Waals surface area (Å²) < 4.78 is 6.83. The SMILES string of the molecule is CC(C)(C)NCc1cc(Br)cnc1OCc1ccccc1. The van der Waals surface area contributed by atoms with Gasteiger partial charge < -0.3 is 10.1 Å². The third-order valence-corrected chi connectivity index (χ3v) is 3.35. The van der Waals surface area contributed by atoms with Crippen molar-refractivity contribution < 1.29 is 4.74 Å². The number of aromatic nitrogens is 1. The van der Waals surface area contributed by atoms with E-state index in [0.717, 1.165) is 22.1 Å². The first-order valence-corrected chi connectivity index (χ1v) is 7.79. The number of hydrogen-bond donors (Lipinski definition) is 1. The molecule has 0 radical (unpaired) electrons. The molecular formula is C17H21BrN2O. The summed E-state index contributed by atoms with van der Waals surface area (Å²) in [5.41, 5.74) is 2.24. The van der Waals surface area contributed by atoms with Crippen molar-refractivity contribution in [2.75, 3.05) is 0 Å². The number of rotatable bonds is 5. The van der Waals surface area contributed by atoms with Gasteiger partial charge in [0.1, 0.15) is 6.61 Å². The Balaban J connectivity index is 2.07. The Morgan fingerprint density at radius 3 is 2.57 bits per heavy atom. The van der Waals surface area contributed by atoms with E-state index in [9.17, 15) is 0 Å². The van der Waals surface area contributed by atoms with Crippen molar-refractivity contribution in [3.8, 4) is 5.88 Å². The molecule has 0 unspecified atom stereocenters. The quantitative estimate of drug-likeness (QED) is 0.873. The lowest BCUT2D eigenvalue weighted by Gasteiger charge is -2.21. The van der Waals surface area contributed by atoms with Gasteiger partial charge in [-0.25, -0.2) is 4.98 Å². The Bertz CT molecular complexity index is 579. The van der Waals surface area contributed by atoms with Crippen LogP contribution in [0.4, 0.5) is 0 Å². The lowest BCUT2D eigenvalue weighted by molar-refractivity contribution is 0.287. The van der Waals surface area contributed by atoms with Gasteiger partial charge in [-0.05, 0) is 48.3 Å². The van der Waals surface area contributed by atoms with Crippen molar-refractivity contribution in [3.63, 3.8) is 0 Å². The first-order chi connectivity index (χ1) is 9.94. The molecule has 2 aromatic rings. The molecule has 112 valence electrons. The van der Waals surface area contributed by atoms with Gasteiger partial charge in [0.25, 0.3) is 0 Å². The van der Waals surface area contributed by atoms with Crippen LogP contribution in [0.2, 0.25) is 0 Å². The van der Waals surface area contributed by atoms with E-state index in [4.69, 9.17) is 4.74 Å². The smallest absolute Gasteiger partial charge is 0.218 e. The number of benzene rings is 1. The van der Waals surface area contributed by atoms with Crippen molar-refractivity contribution in [2.45, 2.75) is 39.5 Å². The second kappa shape index (κ2) is 7.05. The van der Waals surface area contributed by atoms with Crippen molar-refractivity contribution in [1.82, 2.24) is 10.3 Å². The fourth-order valence-electron chi connectivity index (χ4n) is 1.81. The lowest BCUT2D eigenvalue weighted by atomic mass is 10.1. The molecule has 0 amide bonds. The van der Waals surface area contributed by atoms with Crippen molar-refractivity contribution >= 4 is 15.9 Å². The van der Waals surface area contributed by atoms with Crippen LogP contribution < -0.4 is 10.1 Å². The zero-order chi connectivity index (χ0) is 15.3. The summed E-state index contributed by atoms with van der Waals surface area (Å²) in [6.07, 6.45) is 1.76. The number of pyridine rings is 1. The monoisotopic (exact) mass is 348 g/mol. The molecule has 1 aromatic carbocycles. The Kier molecular flexibility index (Phi) is 5.37. The van der Waals surface area contributed by atoms with Gasteiger partial charge in [0.05, 0.1) is 0 Å². The fourth-order valence-corrected chi connectivity index (χ4v) is 2.19. The summed E-state index contributed by atoms with van der Waals surface area (Å²) in [4.78, 5) is 4.38. The average molecular weight is 349 g/mol. The zero-order valence-electron chi connectivity index (χ0n) is 12.7. The van der Waals surface area contributed by atoms with E-state index in [1.54, 1.807) is 6.20 Å². The topological polar surface area (TPSA) is 34.2 Å². The highest BCUT2D eigenvalue weighted by Gasteiger charge is 2.12. The van der Waals surface area contributed by atoms with Crippen molar-refractivity contribution in [1.29, 1.82) is 0 Å². The van der Waals surface area contributed by atoms with Gasteiger partial charge in [-0.2, -0.15) is 0 Å². The molecule has 0 saturated carbocycles. The van der Waals surface area contributed by atoms with Gasteiger partial charge in [-0.15, -0.1) is 0 Å². The van der Waals surface area contributed by atoms with E-state index < -0.39 is 0 Å². The first kappa shape index (κ1) is 16.0. The van der Waals surface area contributed by atoms with Gasteiger partial charge in [0, 0.05) is 28.3 Å². The molecule has 2 rings (SSSR count). The van der Waals surface area contributed by atoms with Crippen LogP contribution in [0.15, 0.2) is 47.1 Å². The molecule has 1 heterocycles. The maximum atomic E-state index is 5.87. The molecule has 0 atom stereocenters. The van der Waals surface area contributed by atoms with Crippen LogP contribution >= 0.6 is 15.9 Å². The molecule has 0 spiro atoms. The molecule has 1 aromatic heterocycles. The van der Waals surface area contributed by atoms with Crippen LogP contribution in [0.25, 0.3) is 0 Å². The van der Waals surface area contributed by atoms with E-state index in [1.165, 1.54) is 0 Å². The Morgan fingerprint density at radius 1 is 1.19 bits per heavy atom. The minimum atomic E-state index is 0.0546. The van der Waals surface area contributed by atoms with Crippen molar-refractivity contribution in [3.05, 3.63) is 58.2 Å². The zero-order valence-corrected chi connectivity index (χ0v) is 14.3. The number of halogens is 1. The summed E-state index contributed by atoms with van der Waals surface area (Å²) in [6.45, 7) is 7.67. The van der Waals surface area contributed by atoms with E-state index in [2.05, 4.69) is 47.0 Å². The van der Waals surface area contributed by atoms with Gasteiger partial charge in [-0.1, -0.05) is 30.3 Å². The summed E-state index contributed by atoms with van der Waals surface area (Å²) in [6, 6.07) is 12.2. The number of nitrogens with zero attached hydrogens (tertiary/aromatic N) is 1. The highest BCUT2D eigenvalue weighted by Crippen LogP contribution is 2.21. The van der Waals surface area contributed by atoms with Gasteiger partial charge in [0.15, 0.2) is 0 Å². The third-order valence-electron chi connectivity index (χ3n) is 2.92. The van der Waals surface area contributed by atoms with Crippen LogP contribution in [0, 0.1) is 0 Å².